The Kier molecular flexibility index (Phi) is 5.66. The number of hydrogen-bond acceptors (Lipinski definition) is 4. The largest absolute Gasteiger partial charge is 0.466 e. The van der Waals surface area contributed by atoms with E-state index in [1.54, 1.807) is 6.92 Å². The molecule has 0 aliphatic heterocycles. The molecular formula is C7H13F2NO4S. The molecule has 15 heavy (non-hydrogen) atoms. The first-order chi connectivity index (χ1) is 6.82. The number of esters is 1. The molecule has 8 heteroatoms. The van der Waals surface area contributed by atoms with Crippen LogP contribution in [0.2, 0.25) is 0 Å². The molecule has 5 nitrogen and oxygen atoms in total. The Morgan fingerprint density at radius 1 is 1.47 bits per heavy atom. The van der Waals surface area contributed by atoms with Gasteiger partial charge in [-0.25, -0.2) is 8.42 Å². The Morgan fingerprint density at radius 3 is 2.40 bits per heavy atom. The van der Waals surface area contributed by atoms with E-state index < -0.39 is 21.8 Å². The van der Waals surface area contributed by atoms with Crippen LogP contribution in [0, 0.1) is 0 Å². The normalized spacial score (nSPS) is 12.1. The smallest absolute Gasteiger partial charge is 0.350 e. The molecule has 0 radical (unpaired) electrons. The van der Waals surface area contributed by atoms with E-state index in [4.69, 9.17) is 0 Å². The van der Waals surface area contributed by atoms with Crippen LogP contribution in [0.15, 0.2) is 0 Å². The van der Waals surface area contributed by atoms with E-state index in [-0.39, 0.29) is 19.6 Å². The molecule has 0 aromatic carbocycles. The van der Waals surface area contributed by atoms with Crippen molar-refractivity contribution in [3.63, 3.8) is 0 Å². The van der Waals surface area contributed by atoms with E-state index in [0.29, 0.717) is 4.31 Å². The van der Waals surface area contributed by atoms with Crippen LogP contribution >= 0.6 is 0 Å². The highest BCUT2D eigenvalue weighted by molar-refractivity contribution is 7.89. The Balaban J connectivity index is 4.16. The maximum atomic E-state index is 12.0. The summed E-state index contributed by atoms with van der Waals surface area (Å²) < 4.78 is 50.6. The van der Waals surface area contributed by atoms with Crippen LogP contribution in [0.25, 0.3) is 0 Å². The van der Waals surface area contributed by atoms with Crippen LogP contribution in [0.3, 0.4) is 0 Å². The Labute approximate surface area is 87.1 Å². The third-order valence-electron chi connectivity index (χ3n) is 1.60. The summed E-state index contributed by atoms with van der Waals surface area (Å²) in [6.07, 6.45) is -0.240. The Morgan fingerprint density at radius 2 is 2.00 bits per heavy atom. The molecule has 0 unspecified atom stereocenters. The molecule has 0 aromatic rings. The second kappa shape index (κ2) is 5.96. The minimum atomic E-state index is -4.60. The SMILES string of the molecule is CCOC(=O)CCN(C)S(=O)(=O)C(F)F. The number of rotatable bonds is 6. The predicted octanol–water partition coefficient (Wildman–Crippen LogP) is 0.424. The fourth-order valence-electron chi connectivity index (χ4n) is 0.745. The lowest BCUT2D eigenvalue weighted by Crippen LogP contribution is -2.33. The van der Waals surface area contributed by atoms with Crippen molar-refractivity contribution < 1.29 is 26.7 Å². The number of alkyl halides is 2. The van der Waals surface area contributed by atoms with Gasteiger partial charge in [0, 0.05) is 13.6 Å². The number of hydrogen-bond donors (Lipinski definition) is 0. The quantitative estimate of drug-likeness (QED) is 0.636. The molecule has 0 aromatic heterocycles. The molecule has 0 heterocycles. The average Bonchev–Trinajstić information content (AvgIpc) is 2.14. The minimum Gasteiger partial charge on any atom is -0.466 e. The fourth-order valence-corrected chi connectivity index (χ4v) is 1.36. The molecule has 0 spiro atoms. The summed E-state index contributed by atoms with van der Waals surface area (Å²) >= 11 is 0. The van der Waals surface area contributed by atoms with Crippen LogP contribution in [0.4, 0.5) is 8.78 Å². The number of carbonyl (C=O) groups excluding carboxylic acids is 1. The van der Waals surface area contributed by atoms with E-state index in [9.17, 15) is 22.0 Å². The highest BCUT2D eigenvalue weighted by Gasteiger charge is 2.29. The fraction of sp³-hybridized carbons (Fsp3) is 0.857. The van der Waals surface area contributed by atoms with Crippen LogP contribution in [-0.4, -0.2) is 44.6 Å². The molecule has 0 aliphatic rings. The molecule has 0 saturated heterocycles. The lowest BCUT2D eigenvalue weighted by Gasteiger charge is -2.15. The lowest BCUT2D eigenvalue weighted by molar-refractivity contribution is -0.143. The second-order valence-corrected chi connectivity index (χ2v) is 4.69. The van der Waals surface area contributed by atoms with Crippen LogP contribution in [0.1, 0.15) is 13.3 Å². The van der Waals surface area contributed by atoms with E-state index in [1.165, 1.54) is 0 Å². The van der Waals surface area contributed by atoms with E-state index in [1.807, 2.05) is 0 Å². The highest BCUT2D eigenvalue weighted by atomic mass is 32.2. The van der Waals surface area contributed by atoms with Gasteiger partial charge in [-0.15, -0.1) is 0 Å². The number of nitrogens with zero attached hydrogens (tertiary/aromatic N) is 1. The van der Waals surface area contributed by atoms with Gasteiger partial charge in [-0.3, -0.25) is 4.79 Å². The Hall–Kier alpha value is -0.760. The van der Waals surface area contributed by atoms with Gasteiger partial charge in [0.2, 0.25) is 0 Å². The van der Waals surface area contributed by atoms with Crippen molar-refractivity contribution in [3.8, 4) is 0 Å². The van der Waals surface area contributed by atoms with Crippen molar-refractivity contribution in [2.24, 2.45) is 0 Å². The molecule has 0 N–H and O–H groups in total. The van der Waals surface area contributed by atoms with Gasteiger partial charge in [-0.1, -0.05) is 0 Å². The van der Waals surface area contributed by atoms with Crippen molar-refractivity contribution in [1.82, 2.24) is 4.31 Å². The van der Waals surface area contributed by atoms with Gasteiger partial charge in [0.05, 0.1) is 13.0 Å². The molecule has 0 saturated carbocycles. The van der Waals surface area contributed by atoms with Crippen molar-refractivity contribution in [2.45, 2.75) is 19.1 Å². The third-order valence-corrected chi connectivity index (χ3v) is 3.10. The number of sulfonamides is 1. The standard InChI is InChI=1S/C7H13F2NO4S/c1-3-14-6(11)4-5-10(2)15(12,13)7(8)9/h7H,3-5H2,1-2H3. The van der Waals surface area contributed by atoms with Gasteiger partial charge >= 0.3 is 11.7 Å². The average molecular weight is 245 g/mol. The van der Waals surface area contributed by atoms with Gasteiger partial charge in [0.25, 0.3) is 10.0 Å². The van der Waals surface area contributed by atoms with Crippen LogP contribution in [-0.2, 0) is 19.6 Å². The summed E-state index contributed by atoms with van der Waals surface area (Å²) in [7, 11) is -3.61. The predicted molar refractivity (Wildman–Crippen MR) is 48.8 cm³/mol. The van der Waals surface area contributed by atoms with Crippen molar-refractivity contribution in [2.75, 3.05) is 20.2 Å². The molecule has 0 fully saturated rings. The highest BCUT2D eigenvalue weighted by Crippen LogP contribution is 2.10. The molecule has 0 rings (SSSR count). The van der Waals surface area contributed by atoms with E-state index in [2.05, 4.69) is 4.74 Å². The summed E-state index contributed by atoms with van der Waals surface area (Å²) in [5.74, 6) is -4.08. The summed E-state index contributed by atoms with van der Waals surface area (Å²) in [5.41, 5.74) is 0. The van der Waals surface area contributed by atoms with E-state index in [0.717, 1.165) is 7.05 Å². The van der Waals surface area contributed by atoms with Crippen LogP contribution in [0.5, 0.6) is 0 Å². The van der Waals surface area contributed by atoms with Gasteiger partial charge < -0.3 is 4.74 Å². The zero-order valence-electron chi connectivity index (χ0n) is 8.44. The second-order valence-electron chi connectivity index (χ2n) is 2.68. The van der Waals surface area contributed by atoms with Crippen molar-refractivity contribution in [3.05, 3.63) is 0 Å². The van der Waals surface area contributed by atoms with Gasteiger partial charge in [-0.2, -0.15) is 13.1 Å². The number of carbonyl (C=O) groups is 1. The Bertz CT molecular complexity index is 304. The van der Waals surface area contributed by atoms with Crippen LogP contribution < -0.4 is 0 Å². The van der Waals surface area contributed by atoms with Gasteiger partial charge in [-0.05, 0) is 6.92 Å². The molecule has 0 aliphatic carbocycles. The van der Waals surface area contributed by atoms with Gasteiger partial charge in [0.1, 0.15) is 0 Å². The van der Waals surface area contributed by atoms with Gasteiger partial charge in [0.15, 0.2) is 0 Å². The molecule has 0 bridgehead atoms. The molecule has 90 valence electrons. The van der Waals surface area contributed by atoms with E-state index >= 15 is 0 Å². The first-order valence-electron chi connectivity index (χ1n) is 4.21. The zero-order chi connectivity index (χ0) is 12.1. The topological polar surface area (TPSA) is 63.7 Å². The molecule has 0 amide bonds. The summed E-state index contributed by atoms with van der Waals surface area (Å²) in [6, 6.07) is 0. The monoisotopic (exact) mass is 245 g/mol. The van der Waals surface area contributed by atoms with Crippen molar-refractivity contribution in [1.29, 1.82) is 0 Å². The lowest BCUT2D eigenvalue weighted by atomic mass is 10.4. The first-order valence-corrected chi connectivity index (χ1v) is 5.71. The maximum absolute atomic E-state index is 12.0. The number of ether oxygens (including phenoxy) is 1. The van der Waals surface area contributed by atoms with Crippen molar-refractivity contribution >= 4 is 16.0 Å². The third kappa shape index (κ3) is 4.52. The zero-order valence-corrected chi connectivity index (χ0v) is 9.26. The molecule has 0 atom stereocenters. The first kappa shape index (κ1) is 14.2. The number of halogens is 2. The summed E-state index contributed by atoms with van der Waals surface area (Å²) in [6.45, 7) is 1.45. The maximum Gasteiger partial charge on any atom is 0.350 e. The minimum absolute atomic E-state index is 0.171. The summed E-state index contributed by atoms with van der Waals surface area (Å²) in [5, 5.41) is 0. The molecular weight excluding hydrogens is 232 g/mol. The summed E-state index contributed by atoms with van der Waals surface area (Å²) in [4.78, 5) is 10.8.